The molecule has 30 heavy (non-hydrogen) atoms. The first-order valence-electron chi connectivity index (χ1n) is 9.58. The fourth-order valence-electron chi connectivity index (χ4n) is 3.48. The van der Waals surface area contributed by atoms with Crippen molar-refractivity contribution in [2.75, 3.05) is 0 Å². The number of amides is 3. The molecule has 4 rings (SSSR count). The molecule has 0 saturated carbocycles. The average molecular weight is 400 g/mol. The summed E-state index contributed by atoms with van der Waals surface area (Å²) in [5.41, 5.74) is 2.85. The average Bonchev–Trinajstić information content (AvgIpc) is 2.99. The summed E-state index contributed by atoms with van der Waals surface area (Å²) in [7, 11) is 0. The van der Waals surface area contributed by atoms with Crippen LogP contribution < -0.4 is 5.32 Å². The molecule has 1 unspecified atom stereocenters. The zero-order valence-corrected chi connectivity index (χ0v) is 16.3. The van der Waals surface area contributed by atoms with E-state index in [1.54, 1.807) is 66.7 Å². The van der Waals surface area contributed by atoms with Gasteiger partial charge in [-0.15, -0.1) is 0 Å². The molecule has 3 amide bonds. The molecular weight excluding hydrogens is 380 g/mol. The number of phenolic OH excluding ortho intramolecular Hbond substituents is 1. The molecule has 3 aromatic rings. The van der Waals surface area contributed by atoms with Gasteiger partial charge in [0.15, 0.2) is 0 Å². The molecule has 0 radical (unpaired) electrons. The molecule has 0 spiro atoms. The number of phenols is 1. The first-order valence-corrected chi connectivity index (χ1v) is 9.58. The zero-order chi connectivity index (χ0) is 21.3. The van der Waals surface area contributed by atoms with Crippen LogP contribution in [-0.2, 0) is 6.54 Å². The first kappa shape index (κ1) is 19.4. The van der Waals surface area contributed by atoms with Gasteiger partial charge < -0.3 is 10.4 Å². The number of hydrogen-bond donors (Lipinski definition) is 2. The molecule has 6 nitrogen and oxygen atoms in total. The largest absolute Gasteiger partial charge is 0.508 e. The van der Waals surface area contributed by atoms with Gasteiger partial charge in [-0.25, -0.2) is 0 Å². The summed E-state index contributed by atoms with van der Waals surface area (Å²) in [6, 6.07) is 20.0. The Balaban J connectivity index is 1.43. The molecular formula is C24H20N2O4. The molecule has 0 saturated heterocycles. The van der Waals surface area contributed by atoms with Crippen molar-refractivity contribution in [2.24, 2.45) is 0 Å². The van der Waals surface area contributed by atoms with Crippen LogP contribution in [-0.4, -0.2) is 27.7 Å². The summed E-state index contributed by atoms with van der Waals surface area (Å²) >= 11 is 0. The number of carbonyl (C=O) groups excluding carboxylic acids is 3. The van der Waals surface area contributed by atoms with Crippen molar-refractivity contribution in [2.45, 2.75) is 19.5 Å². The van der Waals surface area contributed by atoms with Crippen molar-refractivity contribution in [1.82, 2.24) is 10.2 Å². The van der Waals surface area contributed by atoms with Gasteiger partial charge >= 0.3 is 0 Å². The van der Waals surface area contributed by atoms with Crippen LogP contribution in [0.1, 0.15) is 55.2 Å². The van der Waals surface area contributed by atoms with E-state index in [1.807, 2.05) is 13.0 Å². The molecule has 1 atom stereocenters. The van der Waals surface area contributed by atoms with E-state index in [0.717, 1.165) is 11.1 Å². The Bertz CT molecular complexity index is 1100. The van der Waals surface area contributed by atoms with Gasteiger partial charge in [0.05, 0.1) is 23.7 Å². The third-order valence-electron chi connectivity index (χ3n) is 5.15. The smallest absolute Gasteiger partial charge is 0.261 e. The second kappa shape index (κ2) is 7.83. The van der Waals surface area contributed by atoms with Gasteiger partial charge in [-0.1, -0.05) is 36.4 Å². The number of fused-ring (bicyclic) bond motifs is 1. The van der Waals surface area contributed by atoms with Crippen molar-refractivity contribution in [3.05, 3.63) is 101 Å². The quantitative estimate of drug-likeness (QED) is 0.640. The maximum atomic E-state index is 12.5. The molecule has 6 heteroatoms. The van der Waals surface area contributed by atoms with Crippen LogP contribution in [0.5, 0.6) is 5.75 Å². The van der Waals surface area contributed by atoms with Gasteiger partial charge in [0.25, 0.3) is 17.7 Å². The number of nitrogens with zero attached hydrogens (tertiary/aromatic N) is 1. The van der Waals surface area contributed by atoms with Crippen LogP contribution in [0.3, 0.4) is 0 Å². The van der Waals surface area contributed by atoms with Crippen molar-refractivity contribution < 1.29 is 19.5 Å². The van der Waals surface area contributed by atoms with Crippen molar-refractivity contribution in [3.63, 3.8) is 0 Å². The van der Waals surface area contributed by atoms with Gasteiger partial charge in [-0.2, -0.15) is 0 Å². The Morgan fingerprint density at radius 1 is 0.933 bits per heavy atom. The molecule has 0 bridgehead atoms. The second-order valence-electron chi connectivity index (χ2n) is 7.23. The lowest BCUT2D eigenvalue weighted by Gasteiger charge is -2.16. The number of carbonyl (C=O) groups is 3. The van der Waals surface area contributed by atoms with E-state index in [1.165, 1.54) is 4.90 Å². The zero-order valence-electron chi connectivity index (χ0n) is 16.3. The van der Waals surface area contributed by atoms with Gasteiger partial charge in [-0.3, -0.25) is 19.3 Å². The van der Waals surface area contributed by atoms with Crippen molar-refractivity contribution in [3.8, 4) is 5.75 Å². The molecule has 1 heterocycles. The molecule has 0 aliphatic carbocycles. The van der Waals surface area contributed by atoms with E-state index in [4.69, 9.17) is 0 Å². The fourth-order valence-corrected chi connectivity index (χ4v) is 3.48. The molecule has 2 N–H and O–H groups in total. The number of hydrogen-bond acceptors (Lipinski definition) is 4. The normalized spacial score (nSPS) is 13.8. The Kier molecular flexibility index (Phi) is 5.06. The van der Waals surface area contributed by atoms with Crippen LogP contribution in [0, 0.1) is 0 Å². The highest BCUT2D eigenvalue weighted by atomic mass is 16.3. The Labute approximate surface area is 173 Å². The highest BCUT2D eigenvalue weighted by Gasteiger charge is 2.34. The lowest BCUT2D eigenvalue weighted by atomic mass is 10.1. The van der Waals surface area contributed by atoms with E-state index in [2.05, 4.69) is 5.32 Å². The monoisotopic (exact) mass is 400 g/mol. The number of aromatic hydroxyl groups is 1. The summed E-state index contributed by atoms with van der Waals surface area (Å²) in [6.45, 7) is 1.98. The molecule has 1 aliphatic heterocycles. The number of nitrogens with one attached hydrogen (secondary N) is 1. The maximum absolute atomic E-state index is 12.5. The first-order chi connectivity index (χ1) is 14.4. The van der Waals surface area contributed by atoms with Crippen LogP contribution in [0.4, 0.5) is 0 Å². The van der Waals surface area contributed by atoms with Crippen LogP contribution >= 0.6 is 0 Å². The molecule has 0 aromatic heterocycles. The highest BCUT2D eigenvalue weighted by molar-refractivity contribution is 6.21. The molecule has 1 aliphatic rings. The summed E-state index contributed by atoms with van der Waals surface area (Å²) in [5, 5.41) is 12.5. The van der Waals surface area contributed by atoms with Crippen LogP contribution in [0.25, 0.3) is 0 Å². The molecule has 150 valence electrons. The molecule has 0 fully saturated rings. The van der Waals surface area contributed by atoms with E-state index in [-0.39, 0.29) is 36.1 Å². The van der Waals surface area contributed by atoms with Gasteiger partial charge in [0, 0.05) is 5.56 Å². The Morgan fingerprint density at radius 2 is 1.57 bits per heavy atom. The highest BCUT2D eigenvalue weighted by Crippen LogP contribution is 2.24. The van der Waals surface area contributed by atoms with E-state index >= 15 is 0 Å². The lowest BCUT2D eigenvalue weighted by molar-refractivity contribution is 0.0641. The minimum atomic E-state index is -0.308. The predicted octanol–water partition coefficient (Wildman–Crippen LogP) is 3.68. The summed E-state index contributed by atoms with van der Waals surface area (Å²) in [4.78, 5) is 38.7. The maximum Gasteiger partial charge on any atom is 0.261 e. The number of benzene rings is 3. The number of imide groups is 1. The van der Waals surface area contributed by atoms with E-state index in [0.29, 0.717) is 16.7 Å². The van der Waals surface area contributed by atoms with Crippen LogP contribution in [0.15, 0.2) is 72.8 Å². The second-order valence-corrected chi connectivity index (χ2v) is 7.23. The molecule has 3 aromatic carbocycles. The third kappa shape index (κ3) is 3.67. The third-order valence-corrected chi connectivity index (χ3v) is 5.15. The van der Waals surface area contributed by atoms with Crippen molar-refractivity contribution >= 4 is 17.7 Å². The van der Waals surface area contributed by atoms with Crippen molar-refractivity contribution in [1.29, 1.82) is 0 Å². The summed E-state index contributed by atoms with van der Waals surface area (Å²) in [6.07, 6.45) is 0. The fraction of sp³-hybridized carbons (Fsp3) is 0.125. The topological polar surface area (TPSA) is 86.7 Å². The van der Waals surface area contributed by atoms with E-state index in [9.17, 15) is 19.5 Å². The number of rotatable bonds is 5. The minimum Gasteiger partial charge on any atom is -0.508 e. The minimum absolute atomic E-state index is 0.145. The lowest BCUT2D eigenvalue weighted by Crippen LogP contribution is -2.29. The SMILES string of the molecule is CC(NC(=O)c1ccc(CN2C(=O)c3ccccc3C2=O)cc1)c1cccc(O)c1. The summed E-state index contributed by atoms with van der Waals surface area (Å²) in [5.74, 6) is -0.723. The van der Waals surface area contributed by atoms with Crippen LogP contribution in [0.2, 0.25) is 0 Å². The summed E-state index contributed by atoms with van der Waals surface area (Å²) < 4.78 is 0. The van der Waals surface area contributed by atoms with Gasteiger partial charge in [0.2, 0.25) is 0 Å². The van der Waals surface area contributed by atoms with E-state index < -0.39 is 0 Å². The standard InChI is InChI=1S/C24H20N2O4/c1-15(18-5-4-6-19(27)13-18)25-22(28)17-11-9-16(10-12-17)14-26-23(29)20-7-2-3-8-21(20)24(26)30/h2-13,15,27H,14H2,1H3,(H,25,28). The Hall–Kier alpha value is -3.93. The van der Waals surface area contributed by atoms with Gasteiger partial charge in [-0.05, 0) is 54.4 Å². The predicted molar refractivity (Wildman–Crippen MR) is 111 cm³/mol. The van der Waals surface area contributed by atoms with Gasteiger partial charge in [0.1, 0.15) is 5.75 Å². The Morgan fingerprint density at radius 3 is 2.17 bits per heavy atom.